The first-order chi connectivity index (χ1) is 12.1. The number of ether oxygens (including phenoxy) is 2. The van der Waals surface area contributed by atoms with Crippen LogP contribution in [0.15, 0.2) is 18.2 Å². The van der Waals surface area contributed by atoms with Crippen molar-refractivity contribution in [2.45, 2.75) is 51.7 Å². The van der Waals surface area contributed by atoms with Crippen LogP contribution in [0.25, 0.3) is 0 Å². The molecule has 0 heterocycles. The van der Waals surface area contributed by atoms with E-state index in [2.05, 4.69) is 0 Å². The van der Waals surface area contributed by atoms with Gasteiger partial charge in [0.2, 0.25) is 0 Å². The highest BCUT2D eigenvalue weighted by molar-refractivity contribution is 5.98. The molecule has 1 rings (SSSR count). The Morgan fingerprint density at radius 1 is 1.23 bits per heavy atom. The lowest BCUT2D eigenvalue weighted by atomic mass is 9.95. The molecule has 0 saturated carbocycles. The van der Waals surface area contributed by atoms with E-state index < -0.39 is 24.8 Å². The van der Waals surface area contributed by atoms with Crippen LogP contribution in [-0.4, -0.2) is 38.3 Å². The van der Waals surface area contributed by atoms with Gasteiger partial charge in [-0.15, -0.1) is 0 Å². The van der Waals surface area contributed by atoms with Gasteiger partial charge in [-0.1, -0.05) is 19.9 Å². The highest BCUT2D eigenvalue weighted by Crippen LogP contribution is 2.27. The number of hydrogen-bond donors (Lipinski definition) is 1. The van der Waals surface area contributed by atoms with Crippen molar-refractivity contribution in [3.63, 3.8) is 0 Å². The molecule has 4 nitrogen and oxygen atoms in total. The predicted octanol–water partition coefficient (Wildman–Crippen LogP) is 4.15. The number of benzene rings is 1. The van der Waals surface area contributed by atoms with Crippen molar-refractivity contribution >= 4 is 5.78 Å². The molecular weight excluding hydrogens is 347 g/mol. The standard InChI is InChI=1S/C19H28F3NO3/c1-13(2)16(23)11-14-5-6-15(17(24)7-8-19(20,21)22)18(12-14)26-10-4-9-25-3/h5-6,12-13,16H,4,7-11,23H2,1-3H3. The second-order valence-corrected chi connectivity index (χ2v) is 6.68. The van der Waals surface area contributed by atoms with Gasteiger partial charge in [-0.05, 0) is 30.0 Å². The smallest absolute Gasteiger partial charge is 0.389 e. The lowest BCUT2D eigenvalue weighted by Gasteiger charge is -2.17. The predicted molar refractivity (Wildman–Crippen MR) is 94.6 cm³/mol. The molecule has 0 aliphatic heterocycles. The van der Waals surface area contributed by atoms with Crippen LogP contribution >= 0.6 is 0 Å². The molecule has 0 spiro atoms. The molecule has 1 aromatic rings. The van der Waals surface area contributed by atoms with E-state index >= 15 is 0 Å². The van der Waals surface area contributed by atoms with Gasteiger partial charge in [0.05, 0.1) is 18.6 Å². The molecule has 1 atom stereocenters. The third-order valence-corrected chi connectivity index (χ3v) is 4.06. The summed E-state index contributed by atoms with van der Waals surface area (Å²) in [5.74, 6) is 0.0136. The lowest BCUT2D eigenvalue weighted by molar-refractivity contribution is -0.133. The van der Waals surface area contributed by atoms with Gasteiger partial charge in [-0.3, -0.25) is 4.79 Å². The van der Waals surface area contributed by atoms with E-state index in [1.54, 1.807) is 19.2 Å². The molecular formula is C19H28F3NO3. The van der Waals surface area contributed by atoms with Crippen molar-refractivity contribution in [1.82, 2.24) is 0 Å². The zero-order valence-electron chi connectivity index (χ0n) is 15.6. The van der Waals surface area contributed by atoms with Crippen LogP contribution < -0.4 is 10.5 Å². The van der Waals surface area contributed by atoms with Crippen molar-refractivity contribution in [1.29, 1.82) is 0 Å². The maximum atomic E-state index is 12.4. The van der Waals surface area contributed by atoms with E-state index in [-0.39, 0.29) is 17.5 Å². The Balaban J connectivity index is 2.93. The third kappa shape index (κ3) is 8.19. The average molecular weight is 375 g/mol. The summed E-state index contributed by atoms with van der Waals surface area (Å²) in [7, 11) is 1.57. The number of alkyl halides is 3. The Bertz CT molecular complexity index is 574. The Labute approximate surface area is 152 Å². The number of carbonyl (C=O) groups excluding carboxylic acids is 1. The third-order valence-electron chi connectivity index (χ3n) is 4.06. The van der Waals surface area contributed by atoms with Gasteiger partial charge >= 0.3 is 6.18 Å². The number of Topliss-reactive ketones (excluding diaryl/α,β-unsaturated/α-hetero) is 1. The molecule has 0 saturated heterocycles. The number of nitrogens with two attached hydrogens (primary N) is 1. The van der Waals surface area contributed by atoms with Gasteiger partial charge in [0.15, 0.2) is 5.78 Å². The number of methoxy groups -OCH3 is 1. The van der Waals surface area contributed by atoms with Crippen LogP contribution in [0.5, 0.6) is 5.75 Å². The largest absolute Gasteiger partial charge is 0.493 e. The van der Waals surface area contributed by atoms with E-state index in [1.165, 1.54) is 6.07 Å². The maximum Gasteiger partial charge on any atom is 0.389 e. The first kappa shape index (κ1) is 22.4. The van der Waals surface area contributed by atoms with E-state index in [9.17, 15) is 18.0 Å². The van der Waals surface area contributed by atoms with Gasteiger partial charge in [0, 0.05) is 32.6 Å². The molecule has 1 aromatic carbocycles. The number of halogens is 3. The number of hydrogen-bond acceptors (Lipinski definition) is 4. The minimum absolute atomic E-state index is 0.0527. The topological polar surface area (TPSA) is 61.6 Å². The summed E-state index contributed by atoms with van der Waals surface area (Å²) in [4.78, 5) is 12.2. The van der Waals surface area contributed by atoms with E-state index in [0.29, 0.717) is 31.8 Å². The molecule has 0 aliphatic carbocycles. The average Bonchev–Trinajstić information content (AvgIpc) is 2.56. The first-order valence-corrected chi connectivity index (χ1v) is 8.74. The van der Waals surface area contributed by atoms with Gasteiger partial charge in [-0.25, -0.2) is 0 Å². The summed E-state index contributed by atoms with van der Waals surface area (Å²) in [6, 6.07) is 4.91. The Hall–Kier alpha value is -1.60. The minimum atomic E-state index is -4.36. The fourth-order valence-corrected chi connectivity index (χ4v) is 2.33. The van der Waals surface area contributed by atoms with Crippen LogP contribution in [0, 0.1) is 5.92 Å². The maximum absolute atomic E-state index is 12.4. The molecule has 0 aromatic heterocycles. The normalized spacial score (nSPS) is 13.1. The van der Waals surface area contributed by atoms with Crippen molar-refractivity contribution in [2.75, 3.05) is 20.3 Å². The highest BCUT2D eigenvalue weighted by atomic mass is 19.4. The summed E-state index contributed by atoms with van der Waals surface area (Å²) in [6.45, 7) is 4.84. The SMILES string of the molecule is COCCCOc1cc(CC(N)C(C)C)ccc1C(=O)CCC(F)(F)F. The Morgan fingerprint density at radius 2 is 1.92 bits per heavy atom. The molecule has 1 unspecified atom stereocenters. The van der Waals surface area contributed by atoms with Crippen LogP contribution in [0.4, 0.5) is 13.2 Å². The fourth-order valence-electron chi connectivity index (χ4n) is 2.33. The molecule has 0 fully saturated rings. The van der Waals surface area contributed by atoms with Crippen LogP contribution in [-0.2, 0) is 11.2 Å². The lowest BCUT2D eigenvalue weighted by Crippen LogP contribution is -2.28. The molecule has 0 aliphatic rings. The molecule has 0 bridgehead atoms. The van der Waals surface area contributed by atoms with Crippen LogP contribution in [0.3, 0.4) is 0 Å². The monoisotopic (exact) mass is 375 g/mol. The van der Waals surface area contributed by atoms with Gasteiger partial charge in [-0.2, -0.15) is 13.2 Å². The van der Waals surface area contributed by atoms with Gasteiger partial charge < -0.3 is 15.2 Å². The van der Waals surface area contributed by atoms with Gasteiger partial charge in [0.25, 0.3) is 0 Å². The van der Waals surface area contributed by atoms with E-state index in [1.807, 2.05) is 13.8 Å². The highest BCUT2D eigenvalue weighted by Gasteiger charge is 2.29. The summed E-state index contributed by atoms with van der Waals surface area (Å²) in [6.07, 6.45) is -4.89. The first-order valence-electron chi connectivity index (χ1n) is 8.74. The summed E-state index contributed by atoms with van der Waals surface area (Å²) in [5.41, 5.74) is 7.15. The van der Waals surface area contributed by atoms with Gasteiger partial charge in [0.1, 0.15) is 5.75 Å². The quantitative estimate of drug-likeness (QED) is 0.466. The van der Waals surface area contributed by atoms with Crippen molar-refractivity contribution < 1.29 is 27.4 Å². The molecule has 2 N–H and O–H groups in total. The van der Waals surface area contributed by atoms with E-state index in [0.717, 1.165) is 5.56 Å². The number of carbonyl (C=O) groups is 1. The second-order valence-electron chi connectivity index (χ2n) is 6.68. The minimum Gasteiger partial charge on any atom is -0.493 e. The summed E-state index contributed by atoms with van der Waals surface area (Å²) in [5, 5.41) is 0. The zero-order chi connectivity index (χ0) is 19.7. The summed E-state index contributed by atoms with van der Waals surface area (Å²) >= 11 is 0. The number of rotatable bonds is 11. The Kier molecular flexibility index (Phi) is 9.08. The second kappa shape index (κ2) is 10.5. The molecule has 148 valence electrons. The van der Waals surface area contributed by atoms with Crippen molar-refractivity contribution in [3.05, 3.63) is 29.3 Å². The summed E-state index contributed by atoms with van der Waals surface area (Å²) < 4.78 is 47.8. The number of ketones is 1. The van der Waals surface area contributed by atoms with Crippen molar-refractivity contribution in [2.24, 2.45) is 11.7 Å². The molecule has 0 radical (unpaired) electrons. The molecule has 7 heteroatoms. The van der Waals surface area contributed by atoms with E-state index in [4.69, 9.17) is 15.2 Å². The fraction of sp³-hybridized carbons (Fsp3) is 0.632. The van der Waals surface area contributed by atoms with Crippen LogP contribution in [0.1, 0.15) is 49.0 Å². The van der Waals surface area contributed by atoms with Crippen LogP contribution in [0.2, 0.25) is 0 Å². The molecule has 26 heavy (non-hydrogen) atoms. The Morgan fingerprint density at radius 3 is 2.50 bits per heavy atom. The zero-order valence-corrected chi connectivity index (χ0v) is 15.6. The van der Waals surface area contributed by atoms with Crippen molar-refractivity contribution in [3.8, 4) is 5.75 Å². The molecule has 0 amide bonds.